The molecule has 0 radical (unpaired) electrons. The van der Waals surface area contributed by atoms with Crippen LogP contribution in [0.2, 0.25) is 0 Å². The highest BCUT2D eigenvalue weighted by atomic mass is 16.3. The van der Waals surface area contributed by atoms with Crippen molar-refractivity contribution < 1.29 is 8.83 Å². The summed E-state index contributed by atoms with van der Waals surface area (Å²) in [6.45, 7) is 0. The molecule has 0 unspecified atom stereocenters. The van der Waals surface area contributed by atoms with Gasteiger partial charge in [0, 0.05) is 45.1 Å². The molecule has 0 bridgehead atoms. The second-order valence-corrected chi connectivity index (χ2v) is 7.87. The summed E-state index contributed by atoms with van der Waals surface area (Å²) >= 11 is 0. The van der Waals surface area contributed by atoms with Crippen LogP contribution in [0.3, 0.4) is 0 Å². The molecular formula is C28H16N2O2. The number of hydrogen-bond acceptors (Lipinski definition) is 4. The van der Waals surface area contributed by atoms with Crippen molar-refractivity contribution in [3.8, 4) is 22.5 Å². The molecular weight excluding hydrogens is 396 g/mol. The van der Waals surface area contributed by atoms with Crippen molar-refractivity contribution in [2.24, 2.45) is 0 Å². The van der Waals surface area contributed by atoms with Crippen molar-refractivity contribution in [2.75, 3.05) is 0 Å². The van der Waals surface area contributed by atoms with Gasteiger partial charge in [-0.1, -0.05) is 48.5 Å². The number of benzene rings is 4. The van der Waals surface area contributed by atoms with Crippen LogP contribution in [0.25, 0.3) is 66.4 Å². The third kappa shape index (κ3) is 2.50. The Morgan fingerprint density at radius 1 is 0.438 bits per heavy atom. The number of rotatable bonds is 2. The second-order valence-electron chi connectivity index (χ2n) is 7.87. The fourth-order valence-electron chi connectivity index (χ4n) is 4.51. The smallest absolute Gasteiger partial charge is 0.136 e. The van der Waals surface area contributed by atoms with Crippen LogP contribution in [0, 0.1) is 0 Å². The van der Waals surface area contributed by atoms with Gasteiger partial charge < -0.3 is 8.83 Å². The molecule has 7 aromatic rings. The Kier molecular flexibility index (Phi) is 3.52. The second kappa shape index (κ2) is 6.53. The van der Waals surface area contributed by atoms with Crippen LogP contribution in [0.1, 0.15) is 0 Å². The molecule has 4 aromatic carbocycles. The van der Waals surface area contributed by atoms with Crippen LogP contribution in [-0.4, -0.2) is 9.97 Å². The van der Waals surface area contributed by atoms with Gasteiger partial charge in [-0.2, -0.15) is 0 Å². The molecule has 7 rings (SSSR count). The van der Waals surface area contributed by atoms with Gasteiger partial charge in [-0.3, -0.25) is 9.97 Å². The van der Waals surface area contributed by atoms with Gasteiger partial charge in [0.05, 0.1) is 11.4 Å². The lowest BCUT2D eigenvalue weighted by Gasteiger charge is -2.08. The van der Waals surface area contributed by atoms with E-state index in [2.05, 4.69) is 46.4 Å². The Bertz CT molecular complexity index is 1660. The van der Waals surface area contributed by atoms with Gasteiger partial charge in [0.25, 0.3) is 0 Å². The fraction of sp³-hybridized carbons (Fsp3) is 0. The summed E-state index contributed by atoms with van der Waals surface area (Å²) in [6, 6.07) is 28.6. The molecule has 3 aromatic heterocycles. The van der Waals surface area contributed by atoms with Crippen LogP contribution in [0.4, 0.5) is 0 Å². The lowest BCUT2D eigenvalue weighted by Crippen LogP contribution is -1.92. The van der Waals surface area contributed by atoms with Crippen LogP contribution in [0.5, 0.6) is 0 Å². The highest BCUT2D eigenvalue weighted by Gasteiger charge is 2.15. The monoisotopic (exact) mass is 412 g/mol. The molecule has 32 heavy (non-hydrogen) atoms. The first-order valence-corrected chi connectivity index (χ1v) is 10.5. The number of nitrogens with zero attached hydrogens (tertiary/aromatic N) is 2. The maximum absolute atomic E-state index is 6.09. The molecule has 4 heteroatoms. The van der Waals surface area contributed by atoms with Crippen LogP contribution < -0.4 is 0 Å². The molecule has 3 heterocycles. The van der Waals surface area contributed by atoms with Crippen LogP contribution >= 0.6 is 0 Å². The molecule has 0 aliphatic heterocycles. The van der Waals surface area contributed by atoms with Gasteiger partial charge in [0.2, 0.25) is 0 Å². The first-order chi connectivity index (χ1) is 15.8. The van der Waals surface area contributed by atoms with Gasteiger partial charge in [-0.25, -0.2) is 0 Å². The Hall–Kier alpha value is -4.44. The third-order valence-corrected chi connectivity index (χ3v) is 6.00. The maximum atomic E-state index is 6.09. The van der Waals surface area contributed by atoms with E-state index in [0.717, 1.165) is 66.4 Å². The van der Waals surface area contributed by atoms with Crippen molar-refractivity contribution in [3.05, 3.63) is 97.3 Å². The van der Waals surface area contributed by atoms with E-state index in [1.807, 2.05) is 48.5 Å². The molecule has 150 valence electrons. The van der Waals surface area contributed by atoms with E-state index in [9.17, 15) is 0 Å². The van der Waals surface area contributed by atoms with E-state index in [1.165, 1.54) is 0 Å². The highest BCUT2D eigenvalue weighted by molar-refractivity contribution is 6.07. The van der Waals surface area contributed by atoms with E-state index in [1.54, 1.807) is 12.4 Å². The van der Waals surface area contributed by atoms with Gasteiger partial charge in [0.1, 0.15) is 22.3 Å². The van der Waals surface area contributed by atoms with Crippen molar-refractivity contribution in [2.45, 2.75) is 0 Å². The van der Waals surface area contributed by atoms with E-state index in [-0.39, 0.29) is 0 Å². The molecule has 0 amide bonds. The minimum atomic E-state index is 0.810. The molecule has 0 saturated heterocycles. The highest BCUT2D eigenvalue weighted by Crippen LogP contribution is 2.36. The van der Waals surface area contributed by atoms with Gasteiger partial charge in [-0.15, -0.1) is 0 Å². The predicted octanol–water partition coefficient (Wildman–Crippen LogP) is 7.61. The molecule has 0 fully saturated rings. The van der Waals surface area contributed by atoms with E-state index in [0.29, 0.717) is 0 Å². The van der Waals surface area contributed by atoms with Crippen LogP contribution in [-0.2, 0) is 0 Å². The largest absolute Gasteiger partial charge is 0.456 e. The van der Waals surface area contributed by atoms with Crippen LogP contribution in [0.15, 0.2) is 106 Å². The average molecular weight is 412 g/mol. The maximum Gasteiger partial charge on any atom is 0.136 e. The zero-order valence-electron chi connectivity index (χ0n) is 16.9. The lowest BCUT2D eigenvalue weighted by molar-refractivity contribution is 0.668. The Balaban J connectivity index is 1.41. The summed E-state index contributed by atoms with van der Waals surface area (Å²) in [7, 11) is 0. The number of hydrogen-bond donors (Lipinski definition) is 0. The summed E-state index contributed by atoms with van der Waals surface area (Å²) in [5.41, 5.74) is 6.99. The molecule has 0 atom stereocenters. The summed E-state index contributed by atoms with van der Waals surface area (Å²) in [5.74, 6) is 0. The van der Waals surface area contributed by atoms with E-state index < -0.39 is 0 Å². The van der Waals surface area contributed by atoms with E-state index >= 15 is 0 Å². The number of furan rings is 2. The minimum absolute atomic E-state index is 0.810. The lowest BCUT2D eigenvalue weighted by atomic mass is 10.0. The molecule has 0 saturated carbocycles. The first-order valence-electron chi connectivity index (χ1n) is 10.5. The summed E-state index contributed by atoms with van der Waals surface area (Å²) in [4.78, 5) is 9.35. The minimum Gasteiger partial charge on any atom is -0.456 e. The third-order valence-electron chi connectivity index (χ3n) is 6.00. The van der Waals surface area contributed by atoms with Crippen molar-refractivity contribution >= 4 is 43.9 Å². The molecule has 0 spiro atoms. The molecule has 0 aliphatic rings. The standard InChI is InChI=1S/C28H16N2O2/c1-3-7-23-19(5-1)21-11-9-17(15-25(21)31-23)27-28(30-14-13-29-27)18-10-12-22-20-6-2-4-8-24(20)32-26(22)16-18/h1-16H. The quantitative estimate of drug-likeness (QED) is 0.293. The normalized spacial score (nSPS) is 11.8. The van der Waals surface area contributed by atoms with Gasteiger partial charge in [0.15, 0.2) is 0 Å². The summed E-state index contributed by atoms with van der Waals surface area (Å²) in [5, 5.41) is 4.42. The number of para-hydroxylation sites is 2. The summed E-state index contributed by atoms with van der Waals surface area (Å²) < 4.78 is 12.2. The Labute approximate surface area is 182 Å². The van der Waals surface area contributed by atoms with E-state index in [4.69, 9.17) is 8.83 Å². The molecule has 4 nitrogen and oxygen atoms in total. The van der Waals surface area contributed by atoms with Crippen molar-refractivity contribution in [1.82, 2.24) is 9.97 Å². The topological polar surface area (TPSA) is 52.1 Å². The Morgan fingerprint density at radius 2 is 0.875 bits per heavy atom. The first kappa shape index (κ1) is 17.3. The fourth-order valence-corrected chi connectivity index (χ4v) is 4.51. The van der Waals surface area contributed by atoms with Gasteiger partial charge >= 0.3 is 0 Å². The predicted molar refractivity (Wildman–Crippen MR) is 127 cm³/mol. The molecule has 0 aliphatic carbocycles. The Morgan fingerprint density at radius 3 is 1.38 bits per heavy atom. The molecule has 0 N–H and O–H groups in total. The van der Waals surface area contributed by atoms with Crippen molar-refractivity contribution in [3.63, 3.8) is 0 Å². The zero-order valence-corrected chi connectivity index (χ0v) is 16.9. The summed E-state index contributed by atoms with van der Waals surface area (Å²) in [6.07, 6.45) is 3.45. The SMILES string of the molecule is c1ccc2c(c1)oc1cc(-c3nccnc3-c3ccc4c(c3)oc3ccccc34)ccc12. The number of fused-ring (bicyclic) bond motifs is 6. The number of aromatic nitrogens is 2. The zero-order chi connectivity index (χ0) is 21.1. The van der Waals surface area contributed by atoms with Crippen molar-refractivity contribution in [1.29, 1.82) is 0 Å². The average Bonchev–Trinajstić information content (AvgIpc) is 3.41. The van der Waals surface area contributed by atoms with Gasteiger partial charge in [-0.05, 0) is 36.4 Å².